The molecule has 0 saturated heterocycles. The smallest absolute Gasteiger partial charge is 0.335 e. The molecule has 0 radical (unpaired) electrons. The maximum absolute atomic E-state index is 12.9. The highest BCUT2D eigenvalue weighted by Gasteiger charge is 2.08. The number of amides is 1. The van der Waals surface area contributed by atoms with Gasteiger partial charge in [-0.1, -0.05) is 0 Å². The van der Waals surface area contributed by atoms with E-state index in [-0.39, 0.29) is 24.3 Å². The first-order valence-electron chi connectivity index (χ1n) is 4.44. The number of ether oxygens (including phenoxy) is 1. The summed E-state index contributed by atoms with van der Waals surface area (Å²) in [6.45, 7) is -0.0160. The number of benzene rings is 1. The van der Waals surface area contributed by atoms with Crippen LogP contribution >= 0.6 is 0 Å². The molecule has 3 N–H and O–H groups in total. The summed E-state index contributed by atoms with van der Waals surface area (Å²) >= 11 is 0. The molecule has 0 bridgehead atoms. The van der Waals surface area contributed by atoms with Gasteiger partial charge in [0, 0.05) is 6.07 Å². The first-order valence-corrected chi connectivity index (χ1v) is 4.44. The van der Waals surface area contributed by atoms with Crippen LogP contribution in [-0.2, 0) is 4.79 Å². The van der Waals surface area contributed by atoms with Crippen LogP contribution in [0.15, 0.2) is 18.2 Å². The lowest BCUT2D eigenvalue weighted by Crippen LogP contribution is -2.14. The number of hydrogen-bond donors (Lipinski definition) is 2. The molecule has 0 heterocycles. The van der Waals surface area contributed by atoms with E-state index in [1.807, 2.05) is 0 Å². The minimum atomic E-state index is -1.25. The van der Waals surface area contributed by atoms with E-state index >= 15 is 0 Å². The van der Waals surface area contributed by atoms with Crippen LogP contribution in [0.4, 0.5) is 4.39 Å². The standard InChI is InChI=1S/C10H10FNO4/c11-7-3-6(10(14)15)4-8(5-7)16-2-1-9(12)13/h3-5H,1-2H2,(H2,12,13)(H,14,15). The lowest BCUT2D eigenvalue weighted by molar-refractivity contribution is -0.118. The van der Waals surface area contributed by atoms with Gasteiger partial charge in [0.15, 0.2) is 0 Å². The quantitative estimate of drug-likeness (QED) is 0.777. The summed E-state index contributed by atoms with van der Waals surface area (Å²) in [5.74, 6) is -2.46. The van der Waals surface area contributed by atoms with E-state index in [2.05, 4.69) is 0 Å². The molecule has 0 aliphatic carbocycles. The monoisotopic (exact) mass is 227 g/mol. The average molecular weight is 227 g/mol. The number of nitrogens with two attached hydrogens (primary N) is 1. The molecule has 16 heavy (non-hydrogen) atoms. The van der Waals surface area contributed by atoms with E-state index in [9.17, 15) is 14.0 Å². The molecule has 1 aromatic rings. The summed E-state index contributed by atoms with van der Waals surface area (Å²) in [4.78, 5) is 21.0. The van der Waals surface area contributed by atoms with Crippen LogP contribution in [0.25, 0.3) is 0 Å². The Balaban J connectivity index is 2.72. The van der Waals surface area contributed by atoms with E-state index in [1.54, 1.807) is 0 Å². The second-order valence-electron chi connectivity index (χ2n) is 3.05. The van der Waals surface area contributed by atoms with Gasteiger partial charge in [0.05, 0.1) is 18.6 Å². The third kappa shape index (κ3) is 3.56. The van der Waals surface area contributed by atoms with Gasteiger partial charge in [-0.2, -0.15) is 0 Å². The van der Waals surface area contributed by atoms with Crippen molar-refractivity contribution in [2.45, 2.75) is 6.42 Å². The first-order chi connectivity index (χ1) is 7.49. The highest BCUT2D eigenvalue weighted by Crippen LogP contribution is 2.16. The maximum atomic E-state index is 12.9. The molecular formula is C10H10FNO4. The van der Waals surface area contributed by atoms with E-state index in [1.165, 1.54) is 6.07 Å². The molecule has 1 rings (SSSR count). The average Bonchev–Trinajstić information content (AvgIpc) is 2.16. The van der Waals surface area contributed by atoms with Gasteiger partial charge in [0.2, 0.25) is 5.91 Å². The van der Waals surface area contributed by atoms with E-state index in [0.29, 0.717) is 0 Å². The van der Waals surface area contributed by atoms with Gasteiger partial charge in [-0.05, 0) is 12.1 Å². The minimum absolute atomic E-state index is 0.0150. The predicted molar refractivity (Wildman–Crippen MR) is 52.7 cm³/mol. The fraction of sp³-hybridized carbons (Fsp3) is 0.200. The van der Waals surface area contributed by atoms with Crippen LogP contribution in [0.1, 0.15) is 16.8 Å². The number of carbonyl (C=O) groups is 2. The molecule has 0 aromatic heterocycles. The molecule has 0 aliphatic heterocycles. The Bertz CT molecular complexity index is 419. The molecule has 0 aliphatic rings. The van der Waals surface area contributed by atoms with Crippen molar-refractivity contribution >= 4 is 11.9 Å². The van der Waals surface area contributed by atoms with Crippen LogP contribution < -0.4 is 10.5 Å². The van der Waals surface area contributed by atoms with Crippen molar-refractivity contribution < 1.29 is 23.8 Å². The molecule has 0 saturated carbocycles. The second-order valence-corrected chi connectivity index (χ2v) is 3.05. The third-order valence-electron chi connectivity index (χ3n) is 1.74. The van der Waals surface area contributed by atoms with Gasteiger partial charge < -0.3 is 15.6 Å². The van der Waals surface area contributed by atoms with E-state index in [4.69, 9.17) is 15.6 Å². The van der Waals surface area contributed by atoms with Gasteiger partial charge in [-0.3, -0.25) is 4.79 Å². The molecule has 0 atom stereocenters. The van der Waals surface area contributed by atoms with Crippen LogP contribution in [0.5, 0.6) is 5.75 Å². The van der Waals surface area contributed by atoms with Crippen molar-refractivity contribution in [2.24, 2.45) is 5.73 Å². The number of primary amides is 1. The molecule has 1 aromatic carbocycles. The number of carbonyl (C=O) groups excluding carboxylic acids is 1. The maximum Gasteiger partial charge on any atom is 0.335 e. The molecule has 6 heteroatoms. The predicted octanol–water partition coefficient (Wildman–Crippen LogP) is 0.778. The zero-order valence-electron chi connectivity index (χ0n) is 8.27. The molecular weight excluding hydrogens is 217 g/mol. The Morgan fingerprint density at radius 3 is 2.62 bits per heavy atom. The number of hydrogen-bond acceptors (Lipinski definition) is 3. The summed E-state index contributed by atoms with van der Waals surface area (Å²) in [6, 6.07) is 3.09. The number of rotatable bonds is 5. The van der Waals surface area contributed by atoms with E-state index < -0.39 is 17.7 Å². The van der Waals surface area contributed by atoms with Crippen LogP contribution in [0.3, 0.4) is 0 Å². The van der Waals surface area contributed by atoms with Crippen molar-refractivity contribution in [3.05, 3.63) is 29.6 Å². The Morgan fingerprint density at radius 1 is 1.38 bits per heavy atom. The highest BCUT2D eigenvalue weighted by atomic mass is 19.1. The minimum Gasteiger partial charge on any atom is -0.493 e. The van der Waals surface area contributed by atoms with Gasteiger partial charge in [0.1, 0.15) is 11.6 Å². The zero-order chi connectivity index (χ0) is 12.1. The molecule has 0 spiro atoms. The summed E-state index contributed by atoms with van der Waals surface area (Å²) in [6.07, 6.45) is -0.0150. The summed E-state index contributed by atoms with van der Waals surface area (Å²) in [5, 5.41) is 8.65. The second kappa shape index (κ2) is 5.11. The number of carboxylic acid groups (broad SMARTS) is 1. The normalized spacial score (nSPS) is 9.81. The third-order valence-corrected chi connectivity index (χ3v) is 1.74. The SMILES string of the molecule is NC(=O)CCOc1cc(F)cc(C(=O)O)c1. The lowest BCUT2D eigenvalue weighted by atomic mass is 10.2. The first kappa shape index (κ1) is 12.0. The fourth-order valence-electron chi connectivity index (χ4n) is 1.04. The van der Waals surface area contributed by atoms with Crippen LogP contribution in [-0.4, -0.2) is 23.6 Å². The molecule has 86 valence electrons. The molecule has 5 nitrogen and oxygen atoms in total. The summed E-state index contributed by atoms with van der Waals surface area (Å²) in [5.41, 5.74) is 4.66. The van der Waals surface area contributed by atoms with Crippen LogP contribution in [0.2, 0.25) is 0 Å². The van der Waals surface area contributed by atoms with E-state index in [0.717, 1.165) is 12.1 Å². The van der Waals surface area contributed by atoms with Gasteiger partial charge in [-0.15, -0.1) is 0 Å². The van der Waals surface area contributed by atoms with Crippen molar-refractivity contribution in [1.29, 1.82) is 0 Å². The lowest BCUT2D eigenvalue weighted by Gasteiger charge is -2.05. The molecule has 0 fully saturated rings. The largest absolute Gasteiger partial charge is 0.493 e. The molecule has 0 unspecified atom stereocenters. The summed E-state index contributed by atoms with van der Waals surface area (Å²) in [7, 11) is 0. The highest BCUT2D eigenvalue weighted by molar-refractivity contribution is 5.88. The van der Waals surface area contributed by atoms with Crippen molar-refractivity contribution in [3.63, 3.8) is 0 Å². The van der Waals surface area contributed by atoms with Crippen molar-refractivity contribution in [2.75, 3.05) is 6.61 Å². The summed E-state index contributed by atoms with van der Waals surface area (Å²) < 4.78 is 17.9. The van der Waals surface area contributed by atoms with Gasteiger partial charge >= 0.3 is 5.97 Å². The Kier molecular flexibility index (Phi) is 3.82. The Hall–Kier alpha value is -2.11. The van der Waals surface area contributed by atoms with Crippen LogP contribution in [0, 0.1) is 5.82 Å². The number of carboxylic acids is 1. The molecule has 1 amide bonds. The zero-order valence-corrected chi connectivity index (χ0v) is 8.27. The number of aromatic carboxylic acids is 1. The van der Waals surface area contributed by atoms with Crippen molar-refractivity contribution in [3.8, 4) is 5.75 Å². The van der Waals surface area contributed by atoms with Gasteiger partial charge in [0.25, 0.3) is 0 Å². The van der Waals surface area contributed by atoms with Gasteiger partial charge in [-0.25, -0.2) is 9.18 Å². The Morgan fingerprint density at radius 2 is 2.06 bits per heavy atom. The topological polar surface area (TPSA) is 89.6 Å². The number of halogens is 1. The Labute approximate surface area is 90.6 Å². The van der Waals surface area contributed by atoms with Crippen molar-refractivity contribution in [1.82, 2.24) is 0 Å². The fourth-order valence-corrected chi connectivity index (χ4v) is 1.04.